The summed E-state index contributed by atoms with van der Waals surface area (Å²) in [5.74, 6) is 1.12. The van der Waals surface area contributed by atoms with Crippen LogP contribution in [0.1, 0.15) is 50.4 Å². The molecule has 1 aromatic rings. The van der Waals surface area contributed by atoms with Gasteiger partial charge in [-0.15, -0.1) is 0 Å². The van der Waals surface area contributed by atoms with Gasteiger partial charge in [0.15, 0.2) is 0 Å². The molecule has 1 aromatic heterocycles. The largest absolute Gasteiger partial charge is 0.354 e. The average molecular weight is 247 g/mol. The number of nitrogens with two attached hydrogens (primary N) is 1. The van der Waals surface area contributed by atoms with Gasteiger partial charge in [-0.3, -0.25) is 0 Å². The van der Waals surface area contributed by atoms with Crippen LogP contribution in [0.4, 0.5) is 5.82 Å². The summed E-state index contributed by atoms with van der Waals surface area (Å²) < 4.78 is 0. The van der Waals surface area contributed by atoms with Gasteiger partial charge in [0.1, 0.15) is 5.82 Å². The lowest BCUT2D eigenvalue weighted by atomic mass is 10.1. The Labute approximate surface area is 110 Å². The lowest BCUT2D eigenvalue weighted by molar-refractivity contribution is 0.656. The summed E-state index contributed by atoms with van der Waals surface area (Å²) in [5, 5.41) is 0. The number of aromatic nitrogens is 1. The fourth-order valence-corrected chi connectivity index (χ4v) is 2.76. The zero-order chi connectivity index (χ0) is 13.1. The van der Waals surface area contributed by atoms with Gasteiger partial charge in [-0.05, 0) is 51.2 Å². The van der Waals surface area contributed by atoms with Gasteiger partial charge in [0, 0.05) is 30.4 Å². The summed E-state index contributed by atoms with van der Waals surface area (Å²) in [5.41, 5.74) is 9.83. The Balaban J connectivity index is 2.41. The minimum Gasteiger partial charge on any atom is -0.354 e. The van der Waals surface area contributed by atoms with Gasteiger partial charge in [-0.2, -0.15) is 0 Å². The van der Waals surface area contributed by atoms with E-state index in [-0.39, 0.29) is 0 Å². The monoisotopic (exact) mass is 247 g/mol. The van der Waals surface area contributed by atoms with Crippen LogP contribution in [-0.4, -0.2) is 17.6 Å². The van der Waals surface area contributed by atoms with Crippen molar-refractivity contribution in [3.8, 4) is 0 Å². The van der Waals surface area contributed by atoms with Crippen LogP contribution in [0.2, 0.25) is 0 Å². The predicted octanol–water partition coefficient (Wildman–Crippen LogP) is 2.65. The zero-order valence-electron chi connectivity index (χ0n) is 11.9. The maximum atomic E-state index is 5.91. The van der Waals surface area contributed by atoms with E-state index in [1.165, 1.54) is 29.7 Å². The molecule has 0 unspecified atom stereocenters. The smallest absolute Gasteiger partial charge is 0.133 e. The van der Waals surface area contributed by atoms with Gasteiger partial charge in [-0.25, -0.2) is 4.98 Å². The third-order valence-corrected chi connectivity index (χ3v) is 3.69. The molecule has 100 valence electrons. The van der Waals surface area contributed by atoms with Crippen LogP contribution in [0.5, 0.6) is 0 Å². The van der Waals surface area contributed by atoms with E-state index in [0.29, 0.717) is 12.6 Å². The molecule has 0 bridgehead atoms. The molecule has 0 aromatic carbocycles. The summed E-state index contributed by atoms with van der Waals surface area (Å²) in [6, 6.07) is 2.76. The first-order valence-electron chi connectivity index (χ1n) is 7.15. The van der Waals surface area contributed by atoms with Crippen LogP contribution in [-0.2, 0) is 19.4 Å². The van der Waals surface area contributed by atoms with E-state index in [0.717, 1.165) is 25.2 Å². The molecule has 3 nitrogen and oxygen atoms in total. The van der Waals surface area contributed by atoms with Gasteiger partial charge >= 0.3 is 0 Å². The Kier molecular flexibility index (Phi) is 4.23. The van der Waals surface area contributed by atoms with Crippen molar-refractivity contribution in [3.63, 3.8) is 0 Å². The number of nitrogens with zero attached hydrogens (tertiary/aromatic N) is 2. The number of fused-ring (bicyclic) bond motifs is 1. The summed E-state index contributed by atoms with van der Waals surface area (Å²) >= 11 is 0. The predicted molar refractivity (Wildman–Crippen MR) is 76.9 cm³/mol. The van der Waals surface area contributed by atoms with Gasteiger partial charge in [-0.1, -0.05) is 6.92 Å². The highest BCUT2D eigenvalue weighted by molar-refractivity contribution is 5.51. The molecule has 2 rings (SSSR count). The van der Waals surface area contributed by atoms with Gasteiger partial charge in [0.25, 0.3) is 0 Å². The first-order valence-corrected chi connectivity index (χ1v) is 7.15. The first kappa shape index (κ1) is 13.3. The van der Waals surface area contributed by atoms with Crippen LogP contribution in [0.3, 0.4) is 0 Å². The van der Waals surface area contributed by atoms with Crippen molar-refractivity contribution < 1.29 is 0 Å². The maximum Gasteiger partial charge on any atom is 0.133 e. The normalized spacial score (nSPS) is 14.1. The van der Waals surface area contributed by atoms with Gasteiger partial charge in [0.2, 0.25) is 0 Å². The molecule has 18 heavy (non-hydrogen) atoms. The molecule has 0 atom stereocenters. The first-order chi connectivity index (χ1) is 8.67. The second-order valence-electron chi connectivity index (χ2n) is 5.42. The van der Waals surface area contributed by atoms with Crippen LogP contribution in [0, 0.1) is 0 Å². The number of rotatable bonds is 5. The average Bonchev–Trinajstić information content (AvgIpc) is 2.81. The number of hydrogen-bond acceptors (Lipinski definition) is 3. The van der Waals surface area contributed by atoms with Crippen LogP contribution >= 0.6 is 0 Å². The third kappa shape index (κ3) is 2.51. The van der Waals surface area contributed by atoms with Crippen molar-refractivity contribution in [2.45, 2.75) is 59.0 Å². The van der Waals surface area contributed by atoms with E-state index in [9.17, 15) is 0 Å². The van der Waals surface area contributed by atoms with Crippen molar-refractivity contribution in [2.75, 3.05) is 11.4 Å². The molecule has 0 amide bonds. The van der Waals surface area contributed by atoms with E-state index in [2.05, 4.69) is 31.7 Å². The Morgan fingerprint density at radius 2 is 2.17 bits per heavy atom. The summed E-state index contributed by atoms with van der Waals surface area (Å²) in [6.45, 7) is 8.31. The number of anilines is 1. The Hall–Kier alpha value is -1.09. The molecule has 0 saturated heterocycles. The Morgan fingerprint density at radius 1 is 1.39 bits per heavy atom. The topological polar surface area (TPSA) is 42.2 Å². The Morgan fingerprint density at radius 3 is 2.78 bits per heavy atom. The molecule has 0 aliphatic heterocycles. The molecule has 1 aliphatic rings. The van der Waals surface area contributed by atoms with Crippen LogP contribution < -0.4 is 10.6 Å². The molecule has 1 aliphatic carbocycles. The van der Waals surface area contributed by atoms with Gasteiger partial charge in [0.05, 0.1) is 0 Å². The van der Waals surface area contributed by atoms with Gasteiger partial charge < -0.3 is 10.6 Å². The van der Waals surface area contributed by atoms with E-state index >= 15 is 0 Å². The second kappa shape index (κ2) is 5.70. The van der Waals surface area contributed by atoms with E-state index < -0.39 is 0 Å². The molecule has 0 saturated carbocycles. The molecular weight excluding hydrogens is 222 g/mol. The van der Waals surface area contributed by atoms with Crippen LogP contribution in [0.15, 0.2) is 6.07 Å². The fourth-order valence-electron chi connectivity index (χ4n) is 2.76. The fraction of sp³-hybridized carbons (Fsp3) is 0.667. The summed E-state index contributed by atoms with van der Waals surface area (Å²) in [6.07, 6.45) is 4.68. The molecule has 0 spiro atoms. The second-order valence-corrected chi connectivity index (χ2v) is 5.42. The molecule has 0 fully saturated rings. The molecule has 1 heterocycles. The quantitative estimate of drug-likeness (QED) is 0.869. The SMILES string of the molecule is CCCN(c1nc2c(cc1CN)CCC2)C(C)C. The van der Waals surface area contributed by atoms with Crippen molar-refractivity contribution in [2.24, 2.45) is 5.73 Å². The minimum absolute atomic E-state index is 0.474. The summed E-state index contributed by atoms with van der Waals surface area (Å²) in [4.78, 5) is 7.30. The maximum absolute atomic E-state index is 5.91. The van der Waals surface area contributed by atoms with Crippen LogP contribution in [0.25, 0.3) is 0 Å². The van der Waals surface area contributed by atoms with E-state index in [1.54, 1.807) is 0 Å². The number of hydrogen-bond donors (Lipinski definition) is 1. The van der Waals surface area contributed by atoms with E-state index in [4.69, 9.17) is 10.7 Å². The standard InChI is InChI=1S/C15H25N3/c1-4-8-18(11(2)3)15-13(10-16)9-12-6-5-7-14(12)17-15/h9,11H,4-8,10,16H2,1-3H3. The minimum atomic E-state index is 0.474. The van der Waals surface area contributed by atoms with Crippen molar-refractivity contribution in [1.82, 2.24) is 4.98 Å². The molecular formula is C15H25N3. The van der Waals surface area contributed by atoms with Crippen molar-refractivity contribution in [1.29, 1.82) is 0 Å². The van der Waals surface area contributed by atoms with E-state index in [1.807, 2.05) is 0 Å². The molecule has 0 radical (unpaired) electrons. The third-order valence-electron chi connectivity index (χ3n) is 3.69. The van der Waals surface area contributed by atoms with Crippen molar-refractivity contribution in [3.05, 3.63) is 22.9 Å². The van der Waals surface area contributed by atoms with Crippen molar-refractivity contribution >= 4 is 5.82 Å². The zero-order valence-corrected chi connectivity index (χ0v) is 11.9. The number of aryl methyl sites for hydroxylation is 2. The lowest BCUT2D eigenvalue weighted by Gasteiger charge is -2.30. The highest BCUT2D eigenvalue weighted by atomic mass is 15.2. The highest BCUT2D eigenvalue weighted by Gasteiger charge is 2.20. The number of pyridine rings is 1. The Bertz CT molecular complexity index is 412. The lowest BCUT2D eigenvalue weighted by Crippen LogP contribution is -2.33. The highest BCUT2D eigenvalue weighted by Crippen LogP contribution is 2.28. The summed E-state index contributed by atoms with van der Waals surface area (Å²) in [7, 11) is 0. The molecule has 3 heteroatoms. The molecule has 2 N–H and O–H groups in total.